The van der Waals surface area contributed by atoms with Gasteiger partial charge in [0, 0.05) is 12.5 Å². The van der Waals surface area contributed by atoms with Crippen molar-refractivity contribution in [3.05, 3.63) is 30.0 Å². The molecule has 0 spiro atoms. The zero-order valence-corrected chi connectivity index (χ0v) is 10.00. The van der Waals surface area contributed by atoms with Crippen LogP contribution in [-0.2, 0) is 5.92 Å². The minimum atomic E-state index is -3.04. The van der Waals surface area contributed by atoms with Crippen LogP contribution in [0, 0.1) is 0 Å². The summed E-state index contributed by atoms with van der Waals surface area (Å²) in [5.41, 5.74) is 6.23. The van der Waals surface area contributed by atoms with Gasteiger partial charge in [-0.15, -0.1) is 0 Å². The second kappa shape index (κ2) is 4.29. The maximum atomic E-state index is 13.7. The van der Waals surface area contributed by atoms with Gasteiger partial charge >= 0.3 is 0 Å². The lowest BCUT2D eigenvalue weighted by molar-refractivity contribution is 0.0157. The molecule has 3 N–H and O–H groups in total. The van der Waals surface area contributed by atoms with Gasteiger partial charge in [0.05, 0.1) is 18.9 Å². The number of nitrogens with two attached hydrogens (primary N) is 1. The smallest absolute Gasteiger partial charge is 0.274 e. The third kappa shape index (κ3) is 2.01. The number of hydrogen-bond donors (Lipinski definition) is 2. The topological polar surface area (TPSA) is 63.9 Å². The molecule has 0 radical (unpaired) electrons. The first-order chi connectivity index (χ1) is 8.45. The molecule has 0 saturated heterocycles. The molecular formula is C12H13F2N3O. The molecule has 0 amide bonds. The molecule has 0 bridgehead atoms. The van der Waals surface area contributed by atoms with Crippen molar-refractivity contribution in [1.29, 1.82) is 0 Å². The third-order valence-corrected chi connectivity index (χ3v) is 2.64. The van der Waals surface area contributed by atoms with Crippen molar-refractivity contribution in [2.75, 3.05) is 12.8 Å². The number of alkyl halides is 2. The molecule has 4 nitrogen and oxygen atoms in total. The molecule has 18 heavy (non-hydrogen) atoms. The van der Waals surface area contributed by atoms with Crippen molar-refractivity contribution in [3.63, 3.8) is 0 Å². The number of anilines is 1. The van der Waals surface area contributed by atoms with Crippen molar-refractivity contribution in [2.45, 2.75) is 12.8 Å². The zero-order valence-electron chi connectivity index (χ0n) is 10.00. The lowest BCUT2D eigenvalue weighted by Gasteiger charge is -2.18. The van der Waals surface area contributed by atoms with Crippen LogP contribution in [-0.4, -0.2) is 17.3 Å². The van der Waals surface area contributed by atoms with Crippen LogP contribution in [0.4, 0.5) is 14.6 Å². The Hall–Kier alpha value is -2.11. The van der Waals surface area contributed by atoms with E-state index in [4.69, 9.17) is 10.5 Å². The fourth-order valence-electron chi connectivity index (χ4n) is 1.89. The number of nitrogen functional groups attached to an aromatic ring is 1. The number of nitrogens with zero attached hydrogens (tertiary/aromatic N) is 1. The highest BCUT2D eigenvalue weighted by atomic mass is 19.3. The summed E-state index contributed by atoms with van der Waals surface area (Å²) < 4.78 is 32.5. The highest BCUT2D eigenvalue weighted by molar-refractivity contribution is 5.78. The minimum Gasteiger partial charge on any atom is -0.496 e. The Kier molecular flexibility index (Phi) is 2.94. The number of aromatic amines is 1. The van der Waals surface area contributed by atoms with Gasteiger partial charge in [0.2, 0.25) is 0 Å². The van der Waals surface area contributed by atoms with Gasteiger partial charge in [-0.3, -0.25) is 5.10 Å². The summed E-state index contributed by atoms with van der Waals surface area (Å²) in [6.45, 7) is 0.824. The number of halogens is 2. The molecule has 2 aromatic rings. The minimum absolute atomic E-state index is 0.126. The Morgan fingerprint density at radius 3 is 2.56 bits per heavy atom. The predicted octanol–water partition coefficient (Wildman–Crippen LogP) is 2.78. The van der Waals surface area contributed by atoms with Crippen LogP contribution < -0.4 is 10.5 Å². The van der Waals surface area contributed by atoms with Crippen LogP contribution in [0.25, 0.3) is 11.1 Å². The van der Waals surface area contributed by atoms with Crippen molar-refractivity contribution < 1.29 is 13.5 Å². The van der Waals surface area contributed by atoms with E-state index in [0.29, 0.717) is 11.1 Å². The normalized spacial score (nSPS) is 11.6. The summed E-state index contributed by atoms with van der Waals surface area (Å²) in [4.78, 5) is 0. The molecule has 0 saturated carbocycles. The maximum Gasteiger partial charge on any atom is 0.274 e. The van der Waals surface area contributed by atoms with Gasteiger partial charge in [0.15, 0.2) is 0 Å². The molecule has 1 aromatic heterocycles. The van der Waals surface area contributed by atoms with Crippen molar-refractivity contribution in [2.24, 2.45) is 0 Å². The number of nitrogens with one attached hydrogen (secondary N) is 1. The van der Waals surface area contributed by atoms with Crippen molar-refractivity contribution in [3.8, 4) is 16.9 Å². The van der Waals surface area contributed by atoms with E-state index >= 15 is 0 Å². The summed E-state index contributed by atoms with van der Waals surface area (Å²) >= 11 is 0. The Balaban J connectivity index is 2.72. The van der Waals surface area contributed by atoms with Gasteiger partial charge in [0.1, 0.15) is 11.6 Å². The quantitative estimate of drug-likeness (QED) is 0.884. The largest absolute Gasteiger partial charge is 0.496 e. The second-order valence-electron chi connectivity index (χ2n) is 3.97. The van der Waals surface area contributed by atoms with Gasteiger partial charge in [-0.25, -0.2) is 8.78 Å². The standard InChI is InChI=1S/C12H13F2N3O/c1-12(13,14)10-7(4-3-5-9(10)18-2)8-6-16-17-11(8)15/h3-6H,1-2H3,(H3,15,16,17). The van der Waals surface area contributed by atoms with Crippen molar-refractivity contribution >= 4 is 5.82 Å². The summed E-state index contributed by atoms with van der Waals surface area (Å²) in [5.74, 6) is -2.67. The SMILES string of the molecule is COc1cccc(-c2cn[nH]c2N)c1C(C)(F)F. The molecule has 1 aromatic carbocycles. The Labute approximate surface area is 103 Å². The predicted molar refractivity (Wildman–Crippen MR) is 64.6 cm³/mol. The molecule has 0 fully saturated rings. The van der Waals surface area contributed by atoms with E-state index in [-0.39, 0.29) is 17.1 Å². The van der Waals surface area contributed by atoms with Crippen LogP contribution in [0.3, 0.4) is 0 Å². The molecular weight excluding hydrogens is 240 g/mol. The van der Waals surface area contributed by atoms with Gasteiger partial charge in [-0.05, 0) is 11.6 Å². The molecule has 96 valence electrons. The van der Waals surface area contributed by atoms with E-state index in [1.807, 2.05) is 0 Å². The first-order valence-electron chi connectivity index (χ1n) is 5.29. The summed E-state index contributed by atoms with van der Waals surface area (Å²) in [7, 11) is 1.35. The zero-order chi connectivity index (χ0) is 13.3. The molecule has 2 rings (SSSR count). The molecule has 0 aliphatic rings. The highest BCUT2D eigenvalue weighted by Gasteiger charge is 2.32. The van der Waals surface area contributed by atoms with E-state index in [1.54, 1.807) is 12.1 Å². The highest BCUT2D eigenvalue weighted by Crippen LogP contribution is 2.42. The summed E-state index contributed by atoms with van der Waals surface area (Å²) in [5, 5.41) is 6.27. The molecule has 1 heterocycles. The molecule has 0 atom stereocenters. The third-order valence-electron chi connectivity index (χ3n) is 2.64. The average Bonchev–Trinajstić information content (AvgIpc) is 2.73. The number of H-pyrrole nitrogens is 1. The van der Waals surface area contributed by atoms with Crippen molar-refractivity contribution in [1.82, 2.24) is 10.2 Å². The van der Waals surface area contributed by atoms with Gasteiger partial charge in [-0.1, -0.05) is 12.1 Å². The van der Waals surface area contributed by atoms with Crippen LogP contribution in [0.15, 0.2) is 24.4 Å². The van der Waals surface area contributed by atoms with Crippen LogP contribution >= 0.6 is 0 Å². The Bertz CT molecular complexity index is 561. The van der Waals surface area contributed by atoms with E-state index in [1.165, 1.54) is 19.4 Å². The maximum absolute atomic E-state index is 13.7. The lowest BCUT2D eigenvalue weighted by atomic mass is 9.96. The van der Waals surface area contributed by atoms with Gasteiger partial charge < -0.3 is 10.5 Å². The summed E-state index contributed by atoms with van der Waals surface area (Å²) in [6.07, 6.45) is 1.42. The van der Waals surface area contributed by atoms with Crippen LogP contribution in [0.5, 0.6) is 5.75 Å². The number of methoxy groups -OCH3 is 1. The van der Waals surface area contributed by atoms with E-state index < -0.39 is 5.92 Å². The Morgan fingerprint density at radius 1 is 1.33 bits per heavy atom. The molecule has 0 aliphatic carbocycles. The number of ether oxygens (including phenoxy) is 1. The molecule has 0 aliphatic heterocycles. The van der Waals surface area contributed by atoms with E-state index in [0.717, 1.165) is 6.92 Å². The first kappa shape index (κ1) is 12.3. The van der Waals surface area contributed by atoms with Gasteiger partial charge in [-0.2, -0.15) is 5.10 Å². The molecule has 6 heteroatoms. The second-order valence-corrected chi connectivity index (χ2v) is 3.97. The summed E-state index contributed by atoms with van der Waals surface area (Å²) in [6, 6.07) is 4.69. The molecule has 0 unspecified atom stereocenters. The Morgan fingerprint density at radius 2 is 2.06 bits per heavy atom. The fourth-order valence-corrected chi connectivity index (χ4v) is 1.89. The fraction of sp³-hybridized carbons (Fsp3) is 0.250. The lowest BCUT2D eigenvalue weighted by Crippen LogP contribution is -2.11. The van der Waals surface area contributed by atoms with E-state index in [9.17, 15) is 8.78 Å². The monoisotopic (exact) mass is 253 g/mol. The number of aromatic nitrogens is 2. The van der Waals surface area contributed by atoms with Crippen LogP contribution in [0.2, 0.25) is 0 Å². The number of rotatable bonds is 3. The van der Waals surface area contributed by atoms with Crippen LogP contribution in [0.1, 0.15) is 12.5 Å². The van der Waals surface area contributed by atoms with E-state index in [2.05, 4.69) is 10.2 Å². The number of hydrogen-bond acceptors (Lipinski definition) is 3. The number of benzene rings is 1. The first-order valence-corrected chi connectivity index (χ1v) is 5.29. The van der Waals surface area contributed by atoms with Gasteiger partial charge in [0.25, 0.3) is 5.92 Å². The average molecular weight is 253 g/mol.